The van der Waals surface area contributed by atoms with Crippen molar-refractivity contribution in [3.8, 4) is 0 Å². The van der Waals surface area contributed by atoms with Gasteiger partial charge in [-0.15, -0.1) is 5.10 Å². The summed E-state index contributed by atoms with van der Waals surface area (Å²) in [4.78, 5) is 22.1. The van der Waals surface area contributed by atoms with Crippen LogP contribution in [0.2, 0.25) is 0 Å². The minimum absolute atomic E-state index is 0.0556. The second-order valence-electron chi connectivity index (χ2n) is 10.1. The van der Waals surface area contributed by atoms with E-state index in [0.29, 0.717) is 28.7 Å². The van der Waals surface area contributed by atoms with Crippen LogP contribution in [0.25, 0.3) is 11.2 Å². The maximum atomic E-state index is 12.5. The summed E-state index contributed by atoms with van der Waals surface area (Å²) < 4.78 is 27.9. The summed E-state index contributed by atoms with van der Waals surface area (Å²) in [7, 11) is -2.12. The Morgan fingerprint density at radius 3 is 2.55 bits per heavy atom. The molecule has 0 aliphatic heterocycles. The third kappa shape index (κ3) is 5.52. The zero-order valence-corrected chi connectivity index (χ0v) is 24.1. The van der Waals surface area contributed by atoms with Gasteiger partial charge in [-0.1, -0.05) is 36.0 Å². The van der Waals surface area contributed by atoms with Crippen molar-refractivity contribution >= 4 is 44.7 Å². The van der Waals surface area contributed by atoms with Crippen molar-refractivity contribution in [1.29, 1.82) is 0 Å². The van der Waals surface area contributed by atoms with Crippen LogP contribution < -0.4 is 15.4 Å². The molecular formula is C25H34N8O5S2. The number of hydrogen-bond donors (Lipinski definition) is 5. The predicted molar refractivity (Wildman–Crippen MR) is 149 cm³/mol. The second-order valence-corrected chi connectivity index (χ2v) is 13.0. The number of fused-ring (bicyclic) bond motifs is 1. The van der Waals surface area contributed by atoms with Crippen molar-refractivity contribution in [3.63, 3.8) is 0 Å². The molecule has 3 aromatic rings. The van der Waals surface area contributed by atoms with Crippen molar-refractivity contribution in [3.05, 3.63) is 29.8 Å². The molecule has 2 fully saturated rings. The van der Waals surface area contributed by atoms with E-state index in [1.807, 2.05) is 12.1 Å². The quantitative estimate of drug-likeness (QED) is 0.159. The molecule has 2 aliphatic rings. The molecule has 13 nitrogen and oxygen atoms in total. The molecule has 0 spiro atoms. The number of thioether (sulfide) groups is 1. The van der Waals surface area contributed by atoms with Crippen molar-refractivity contribution < 1.29 is 23.4 Å². The topological polar surface area (TPSA) is 184 Å². The van der Waals surface area contributed by atoms with E-state index in [0.717, 1.165) is 24.2 Å². The van der Waals surface area contributed by atoms with Gasteiger partial charge in [0.15, 0.2) is 22.1 Å². The summed E-state index contributed by atoms with van der Waals surface area (Å²) in [5, 5.41) is 36.8. The Bertz CT molecular complexity index is 1480. The van der Waals surface area contributed by atoms with Crippen LogP contribution in [-0.4, -0.2) is 87.1 Å². The average molecular weight is 591 g/mol. The van der Waals surface area contributed by atoms with Crippen molar-refractivity contribution in [2.75, 3.05) is 24.7 Å². The van der Waals surface area contributed by atoms with Crippen molar-refractivity contribution in [2.45, 2.75) is 73.4 Å². The van der Waals surface area contributed by atoms with E-state index in [1.165, 1.54) is 23.5 Å². The fourth-order valence-electron chi connectivity index (χ4n) is 5.12. The van der Waals surface area contributed by atoms with Crippen molar-refractivity contribution in [2.24, 2.45) is 5.92 Å². The number of hydrogen-bond acceptors (Lipinski definition) is 11. The van der Waals surface area contributed by atoms with Gasteiger partial charge in [-0.05, 0) is 50.9 Å². The number of nitrogens with one attached hydrogen (secondary N) is 3. The predicted octanol–water partition coefficient (Wildman–Crippen LogP) is 1.02. The van der Waals surface area contributed by atoms with Crippen LogP contribution in [0.4, 0.5) is 5.82 Å². The van der Waals surface area contributed by atoms with Gasteiger partial charge in [0.25, 0.3) is 0 Å². The zero-order chi connectivity index (χ0) is 28.6. The van der Waals surface area contributed by atoms with Crippen molar-refractivity contribution in [1.82, 2.24) is 35.0 Å². The molecule has 2 saturated carbocycles. The number of carbonyl (C=O) groups is 1. The molecule has 40 heavy (non-hydrogen) atoms. The molecule has 5 rings (SSSR count). The SMILES string of the molecule is CCCSc1nc(NC2CC2c2ccc(S(=O)(=O)NC)cc2)c2nnn([C@H]3C[C@@H](C(=O)NCC)[C@H](O)[C@@H]3O)c2n1. The minimum atomic E-state index is -3.50. The highest BCUT2D eigenvalue weighted by Crippen LogP contribution is 2.44. The molecule has 0 bridgehead atoms. The van der Waals surface area contributed by atoms with E-state index in [1.54, 1.807) is 19.1 Å². The van der Waals surface area contributed by atoms with E-state index in [-0.39, 0.29) is 29.2 Å². The van der Waals surface area contributed by atoms with Crippen LogP contribution >= 0.6 is 11.8 Å². The van der Waals surface area contributed by atoms with E-state index in [4.69, 9.17) is 4.98 Å². The zero-order valence-electron chi connectivity index (χ0n) is 22.5. The Balaban J connectivity index is 1.41. The summed E-state index contributed by atoms with van der Waals surface area (Å²) in [6.45, 7) is 4.29. The number of sulfonamides is 1. The molecule has 2 unspecified atom stereocenters. The van der Waals surface area contributed by atoms with Gasteiger partial charge in [0.05, 0.1) is 23.0 Å². The number of benzene rings is 1. The van der Waals surface area contributed by atoms with Crippen LogP contribution in [0.3, 0.4) is 0 Å². The van der Waals surface area contributed by atoms with Gasteiger partial charge in [0, 0.05) is 24.3 Å². The number of nitrogens with zero attached hydrogens (tertiary/aromatic N) is 5. The number of carbonyl (C=O) groups excluding carboxylic acids is 1. The summed E-state index contributed by atoms with van der Waals surface area (Å²) in [6.07, 6.45) is -0.487. The first kappa shape index (κ1) is 28.7. The first-order valence-corrected chi connectivity index (χ1v) is 15.8. The Kier molecular flexibility index (Phi) is 8.29. The van der Waals surface area contributed by atoms with Gasteiger partial charge in [-0.2, -0.15) is 0 Å². The van der Waals surface area contributed by atoms with Gasteiger partial charge in [0.1, 0.15) is 6.10 Å². The summed E-state index contributed by atoms with van der Waals surface area (Å²) in [5.41, 5.74) is 1.87. The van der Waals surface area contributed by atoms with Gasteiger partial charge >= 0.3 is 0 Å². The Morgan fingerprint density at radius 2 is 1.88 bits per heavy atom. The average Bonchev–Trinajstić information content (AvgIpc) is 3.49. The molecular weight excluding hydrogens is 556 g/mol. The lowest BCUT2D eigenvalue weighted by Gasteiger charge is -2.17. The number of aliphatic hydroxyl groups excluding tert-OH is 2. The molecule has 6 atom stereocenters. The highest BCUT2D eigenvalue weighted by Gasteiger charge is 2.47. The molecule has 1 amide bonds. The normalized spacial score (nSPS) is 26.2. The lowest BCUT2D eigenvalue weighted by molar-refractivity contribution is -0.128. The van der Waals surface area contributed by atoms with E-state index in [9.17, 15) is 23.4 Å². The van der Waals surface area contributed by atoms with E-state index < -0.39 is 34.2 Å². The van der Waals surface area contributed by atoms with Gasteiger partial charge in [-0.3, -0.25) is 4.79 Å². The minimum Gasteiger partial charge on any atom is -0.390 e. The summed E-state index contributed by atoms with van der Waals surface area (Å²) >= 11 is 1.50. The van der Waals surface area contributed by atoms with E-state index >= 15 is 0 Å². The Morgan fingerprint density at radius 1 is 1.12 bits per heavy atom. The molecule has 2 heterocycles. The molecule has 0 saturated heterocycles. The van der Waals surface area contributed by atoms with Crippen LogP contribution in [0, 0.1) is 5.92 Å². The fourth-order valence-corrected chi connectivity index (χ4v) is 6.54. The third-order valence-electron chi connectivity index (χ3n) is 7.39. The molecule has 15 heteroatoms. The van der Waals surface area contributed by atoms with Crippen LogP contribution in [-0.2, 0) is 14.8 Å². The van der Waals surface area contributed by atoms with Crippen LogP contribution in [0.15, 0.2) is 34.3 Å². The highest BCUT2D eigenvalue weighted by atomic mass is 32.2. The summed E-state index contributed by atoms with van der Waals surface area (Å²) in [6, 6.07) is 6.21. The number of rotatable bonds is 11. The number of aromatic nitrogens is 5. The molecule has 1 aromatic carbocycles. The van der Waals surface area contributed by atoms with Gasteiger partial charge in [-0.25, -0.2) is 27.8 Å². The number of anilines is 1. The molecule has 5 N–H and O–H groups in total. The molecule has 2 aromatic heterocycles. The lowest BCUT2D eigenvalue weighted by atomic mass is 10.0. The number of aliphatic hydroxyl groups is 2. The maximum Gasteiger partial charge on any atom is 0.240 e. The standard InChI is InChI=1S/C25H34N8O5S2/c1-4-10-39-25-29-22(28-17-11-15(17)13-6-8-14(9-7-13)40(37,38)26-3)19-23(30-25)33(32-31-19)18-12-16(20(34)21(18)35)24(36)27-5-2/h6-9,15-18,20-21,26,34-35H,4-5,10-12H2,1-3H3,(H,27,36)(H,28,29,30)/t15?,16-,17?,18+,20+,21-/m1/s1. The fraction of sp³-hybridized carbons (Fsp3) is 0.560. The number of amides is 1. The monoisotopic (exact) mass is 590 g/mol. The largest absolute Gasteiger partial charge is 0.390 e. The Labute approximate surface area is 236 Å². The summed E-state index contributed by atoms with van der Waals surface area (Å²) in [5.74, 6) is 0.417. The second kappa shape index (κ2) is 11.6. The van der Waals surface area contributed by atoms with Gasteiger partial charge in [0.2, 0.25) is 15.9 Å². The molecule has 0 radical (unpaired) electrons. The smallest absolute Gasteiger partial charge is 0.240 e. The van der Waals surface area contributed by atoms with Gasteiger partial charge < -0.3 is 20.8 Å². The Hall–Kier alpha value is -2.85. The lowest BCUT2D eigenvalue weighted by Crippen LogP contribution is -2.38. The maximum absolute atomic E-state index is 12.5. The van der Waals surface area contributed by atoms with E-state index in [2.05, 4.69) is 37.6 Å². The van der Waals surface area contributed by atoms with Crippen LogP contribution in [0.1, 0.15) is 50.6 Å². The highest BCUT2D eigenvalue weighted by molar-refractivity contribution is 7.99. The van der Waals surface area contributed by atoms with Crippen LogP contribution in [0.5, 0.6) is 0 Å². The third-order valence-corrected chi connectivity index (χ3v) is 9.88. The molecule has 2 aliphatic carbocycles. The first-order valence-electron chi connectivity index (χ1n) is 13.4. The molecule has 216 valence electrons. The first-order chi connectivity index (χ1) is 19.2.